The first-order chi connectivity index (χ1) is 9.17. The highest BCUT2D eigenvalue weighted by Crippen LogP contribution is 2.00. The summed E-state index contributed by atoms with van der Waals surface area (Å²) in [5.41, 5.74) is 0.883. The average Bonchev–Trinajstić information content (AvgIpc) is 2.46. The van der Waals surface area contributed by atoms with E-state index in [-0.39, 0.29) is 13.2 Å². The normalized spacial score (nSPS) is 11.5. The second-order valence-electron chi connectivity index (χ2n) is 3.69. The number of benzene rings is 1. The number of hydrogen-bond acceptors (Lipinski definition) is 5. The van der Waals surface area contributed by atoms with Crippen molar-refractivity contribution >= 4 is 12.1 Å². The Morgan fingerprint density at radius 3 is 2.47 bits per heavy atom. The molecule has 1 rings (SSSR count). The minimum Gasteiger partial charge on any atom is -0.467 e. The molecule has 0 bridgehead atoms. The highest BCUT2D eigenvalue weighted by Gasteiger charge is 2.19. The fourth-order valence-electron chi connectivity index (χ4n) is 1.34. The topological polar surface area (TPSA) is 73.9 Å². The van der Waals surface area contributed by atoms with Crippen LogP contribution in [0.1, 0.15) is 5.56 Å². The largest absolute Gasteiger partial charge is 0.467 e. The van der Waals surface area contributed by atoms with Crippen LogP contribution in [0.25, 0.3) is 0 Å². The van der Waals surface area contributed by atoms with Crippen molar-refractivity contribution < 1.29 is 23.8 Å². The van der Waals surface area contributed by atoms with Gasteiger partial charge < -0.3 is 19.5 Å². The maximum Gasteiger partial charge on any atom is 0.407 e. The second kappa shape index (κ2) is 8.10. The Bertz CT molecular complexity index is 407. The second-order valence-corrected chi connectivity index (χ2v) is 3.69. The summed E-state index contributed by atoms with van der Waals surface area (Å²) in [5, 5.41) is 2.43. The van der Waals surface area contributed by atoms with Crippen LogP contribution < -0.4 is 5.32 Å². The van der Waals surface area contributed by atoms with Crippen LogP contribution in [-0.2, 0) is 25.6 Å². The number of rotatable bonds is 6. The smallest absolute Gasteiger partial charge is 0.407 e. The van der Waals surface area contributed by atoms with Gasteiger partial charge in [0, 0.05) is 7.11 Å². The van der Waals surface area contributed by atoms with E-state index in [1.54, 1.807) is 0 Å². The highest BCUT2D eigenvalue weighted by atomic mass is 16.6. The molecule has 0 fully saturated rings. The zero-order valence-corrected chi connectivity index (χ0v) is 10.9. The fourth-order valence-corrected chi connectivity index (χ4v) is 1.34. The quantitative estimate of drug-likeness (QED) is 0.781. The van der Waals surface area contributed by atoms with Gasteiger partial charge in [-0.3, -0.25) is 0 Å². The molecule has 0 spiro atoms. The summed E-state index contributed by atoms with van der Waals surface area (Å²) in [6.07, 6.45) is -1.45. The van der Waals surface area contributed by atoms with Crippen LogP contribution in [-0.4, -0.2) is 38.9 Å². The summed E-state index contributed by atoms with van der Waals surface area (Å²) < 4.78 is 14.4. The van der Waals surface area contributed by atoms with E-state index >= 15 is 0 Å². The van der Waals surface area contributed by atoms with E-state index in [1.165, 1.54) is 14.2 Å². The summed E-state index contributed by atoms with van der Waals surface area (Å²) in [4.78, 5) is 22.6. The molecule has 0 aromatic heterocycles. The molecule has 1 atom stereocenters. The van der Waals surface area contributed by atoms with Crippen LogP contribution in [0, 0.1) is 0 Å². The van der Waals surface area contributed by atoms with Crippen molar-refractivity contribution in [1.82, 2.24) is 5.32 Å². The lowest BCUT2D eigenvalue weighted by atomic mass is 10.2. The van der Waals surface area contributed by atoms with E-state index in [1.807, 2.05) is 30.3 Å². The van der Waals surface area contributed by atoms with Crippen LogP contribution >= 0.6 is 0 Å². The maximum absolute atomic E-state index is 11.4. The van der Waals surface area contributed by atoms with E-state index < -0.39 is 18.2 Å². The highest BCUT2D eigenvalue weighted by molar-refractivity contribution is 5.76. The summed E-state index contributed by atoms with van der Waals surface area (Å²) in [7, 11) is 2.61. The van der Waals surface area contributed by atoms with E-state index in [4.69, 9.17) is 9.47 Å². The Balaban J connectivity index is 2.29. The maximum atomic E-state index is 11.4. The number of amides is 1. The zero-order valence-electron chi connectivity index (χ0n) is 10.9. The predicted octanol–water partition coefficient (Wildman–Crippen LogP) is 1.10. The molecule has 1 N–H and O–H groups in total. The van der Waals surface area contributed by atoms with Gasteiger partial charge in [0.05, 0.1) is 13.7 Å². The SMILES string of the molecule is COC(=O)[C@H](CNC(=O)OCc1ccccc1)OC. The molecule has 0 aliphatic heterocycles. The van der Waals surface area contributed by atoms with Crippen LogP contribution in [0.3, 0.4) is 0 Å². The van der Waals surface area contributed by atoms with Gasteiger partial charge in [0.25, 0.3) is 0 Å². The van der Waals surface area contributed by atoms with Gasteiger partial charge in [0.15, 0.2) is 6.10 Å². The van der Waals surface area contributed by atoms with Gasteiger partial charge in [0.1, 0.15) is 6.61 Å². The third-order valence-electron chi connectivity index (χ3n) is 2.39. The minimum absolute atomic E-state index is 0.00318. The minimum atomic E-state index is -0.839. The molecular weight excluding hydrogens is 250 g/mol. The number of esters is 1. The number of carbonyl (C=O) groups is 2. The molecule has 1 aromatic rings. The molecule has 0 radical (unpaired) electrons. The number of hydrogen-bond donors (Lipinski definition) is 1. The lowest BCUT2D eigenvalue weighted by molar-refractivity contribution is -0.151. The number of carbonyl (C=O) groups excluding carboxylic acids is 2. The van der Waals surface area contributed by atoms with Crippen molar-refractivity contribution in [2.24, 2.45) is 0 Å². The van der Waals surface area contributed by atoms with Crippen molar-refractivity contribution in [2.75, 3.05) is 20.8 Å². The average molecular weight is 267 g/mol. The first-order valence-corrected chi connectivity index (χ1v) is 5.72. The zero-order chi connectivity index (χ0) is 14.1. The first-order valence-electron chi connectivity index (χ1n) is 5.72. The lowest BCUT2D eigenvalue weighted by Crippen LogP contribution is -2.38. The summed E-state index contributed by atoms with van der Waals surface area (Å²) in [5.74, 6) is -0.550. The van der Waals surface area contributed by atoms with Gasteiger partial charge in [0.2, 0.25) is 0 Å². The number of methoxy groups -OCH3 is 2. The molecule has 6 heteroatoms. The van der Waals surface area contributed by atoms with Gasteiger partial charge >= 0.3 is 12.1 Å². The van der Waals surface area contributed by atoms with E-state index in [0.717, 1.165) is 5.56 Å². The molecule has 0 unspecified atom stereocenters. The van der Waals surface area contributed by atoms with Gasteiger partial charge in [-0.25, -0.2) is 9.59 Å². The Labute approximate surface area is 111 Å². The van der Waals surface area contributed by atoms with Crippen molar-refractivity contribution in [2.45, 2.75) is 12.7 Å². The standard InChI is InChI=1S/C13H17NO5/c1-17-11(12(15)18-2)8-14-13(16)19-9-10-6-4-3-5-7-10/h3-7,11H,8-9H2,1-2H3,(H,14,16)/t11-/m0/s1. The summed E-state index contributed by atoms with van der Waals surface area (Å²) in [6, 6.07) is 9.28. The Hall–Kier alpha value is -2.08. The number of alkyl carbamates (subject to hydrolysis) is 1. The Morgan fingerprint density at radius 1 is 1.21 bits per heavy atom. The van der Waals surface area contributed by atoms with Crippen molar-refractivity contribution in [3.63, 3.8) is 0 Å². The van der Waals surface area contributed by atoms with Gasteiger partial charge in [-0.15, -0.1) is 0 Å². The summed E-state index contributed by atoms with van der Waals surface area (Å²) >= 11 is 0. The fraction of sp³-hybridized carbons (Fsp3) is 0.385. The Kier molecular flexibility index (Phi) is 6.38. The molecule has 6 nitrogen and oxygen atoms in total. The molecule has 1 amide bonds. The molecule has 19 heavy (non-hydrogen) atoms. The van der Waals surface area contributed by atoms with Crippen LogP contribution in [0.2, 0.25) is 0 Å². The van der Waals surface area contributed by atoms with Gasteiger partial charge in [-0.1, -0.05) is 30.3 Å². The van der Waals surface area contributed by atoms with E-state index in [2.05, 4.69) is 10.1 Å². The lowest BCUT2D eigenvalue weighted by Gasteiger charge is -2.13. The Morgan fingerprint density at radius 2 is 1.89 bits per heavy atom. The third-order valence-corrected chi connectivity index (χ3v) is 2.39. The third kappa shape index (κ3) is 5.39. The van der Waals surface area contributed by atoms with Crippen molar-refractivity contribution in [3.8, 4) is 0 Å². The molecule has 0 aliphatic rings. The summed E-state index contributed by atoms with van der Waals surface area (Å²) in [6.45, 7) is 0.166. The molecular formula is C13H17NO5. The molecule has 0 heterocycles. The van der Waals surface area contributed by atoms with Crippen molar-refractivity contribution in [1.29, 1.82) is 0 Å². The predicted molar refractivity (Wildman–Crippen MR) is 67.4 cm³/mol. The monoisotopic (exact) mass is 267 g/mol. The van der Waals surface area contributed by atoms with Crippen LogP contribution in [0.15, 0.2) is 30.3 Å². The molecule has 0 saturated heterocycles. The van der Waals surface area contributed by atoms with E-state index in [0.29, 0.717) is 0 Å². The van der Waals surface area contributed by atoms with Crippen LogP contribution in [0.4, 0.5) is 4.79 Å². The van der Waals surface area contributed by atoms with Crippen molar-refractivity contribution in [3.05, 3.63) is 35.9 Å². The first kappa shape index (κ1) is 15.0. The molecule has 0 aliphatic carbocycles. The van der Waals surface area contributed by atoms with Gasteiger partial charge in [-0.05, 0) is 5.56 Å². The number of nitrogens with one attached hydrogen (secondary N) is 1. The van der Waals surface area contributed by atoms with Gasteiger partial charge in [-0.2, -0.15) is 0 Å². The van der Waals surface area contributed by atoms with Crippen LogP contribution in [0.5, 0.6) is 0 Å². The molecule has 0 saturated carbocycles. The molecule has 1 aromatic carbocycles. The molecule has 104 valence electrons. The number of ether oxygens (including phenoxy) is 3. The van der Waals surface area contributed by atoms with E-state index in [9.17, 15) is 9.59 Å².